The number of carbonyl (C=O) groups excluding carboxylic acids is 2. The minimum Gasteiger partial charge on any atom is -0.469 e. The average molecular weight is 590 g/mol. The van der Waals surface area contributed by atoms with E-state index in [0.717, 1.165) is 37.5 Å². The number of ether oxygens (including phenoxy) is 2. The lowest BCUT2D eigenvalue weighted by Gasteiger charge is -2.64. The Kier molecular flexibility index (Phi) is 7.67. The Morgan fingerprint density at radius 2 is 1.82 bits per heavy atom. The van der Waals surface area contributed by atoms with Crippen molar-refractivity contribution >= 4 is 43.8 Å². The van der Waals surface area contributed by atoms with E-state index in [1.165, 1.54) is 32.8 Å². The summed E-state index contributed by atoms with van der Waals surface area (Å²) in [4.78, 5) is 24.2. The van der Waals surface area contributed by atoms with E-state index in [2.05, 4.69) is 52.6 Å². The van der Waals surface area contributed by atoms with Crippen LogP contribution in [0.1, 0.15) is 85.5 Å². The number of hydrogen-bond acceptors (Lipinski definition) is 4. The number of halogens is 2. The summed E-state index contributed by atoms with van der Waals surface area (Å²) in [6.07, 6.45) is 9.85. The van der Waals surface area contributed by atoms with Gasteiger partial charge in [-0.25, -0.2) is 0 Å². The van der Waals surface area contributed by atoms with E-state index in [0.29, 0.717) is 45.2 Å². The number of alkyl halides is 2. The van der Waals surface area contributed by atoms with E-state index in [-0.39, 0.29) is 23.5 Å². The average Bonchev–Trinajstić information content (AvgIpc) is 3.13. The van der Waals surface area contributed by atoms with Crippen molar-refractivity contribution in [1.29, 1.82) is 0 Å². The topological polar surface area (TPSA) is 52.6 Å². The quantitative estimate of drug-likeness (QED) is 0.258. The highest BCUT2D eigenvalue weighted by Crippen LogP contribution is 2.70. The van der Waals surface area contributed by atoms with Crippen LogP contribution in [0.15, 0.2) is 0 Å². The highest BCUT2D eigenvalue weighted by atomic mass is 79.9. The van der Waals surface area contributed by atoms with Gasteiger partial charge in [-0.3, -0.25) is 9.59 Å². The van der Waals surface area contributed by atoms with Crippen LogP contribution in [0, 0.1) is 46.3 Å². The lowest BCUT2D eigenvalue weighted by atomic mass is 9.44. The van der Waals surface area contributed by atoms with Gasteiger partial charge in [0.1, 0.15) is 6.10 Å². The smallest absolute Gasteiger partial charge is 0.305 e. The summed E-state index contributed by atoms with van der Waals surface area (Å²) in [7, 11) is 1.49. The number of carbonyl (C=O) groups is 2. The van der Waals surface area contributed by atoms with E-state index in [4.69, 9.17) is 9.47 Å². The van der Waals surface area contributed by atoms with Gasteiger partial charge in [-0.05, 0) is 97.7 Å². The fourth-order valence-electron chi connectivity index (χ4n) is 9.13. The molecule has 188 valence electrons. The molecule has 4 aliphatic rings. The fourth-order valence-corrected chi connectivity index (χ4v) is 11.7. The molecule has 4 rings (SSSR count). The highest BCUT2D eigenvalue weighted by molar-refractivity contribution is 9.12. The second kappa shape index (κ2) is 9.75. The molecule has 11 atom stereocenters. The molecule has 6 heteroatoms. The molecule has 0 radical (unpaired) electrons. The van der Waals surface area contributed by atoms with Crippen LogP contribution in [0.4, 0.5) is 0 Å². The Balaban J connectivity index is 1.55. The molecule has 0 aliphatic heterocycles. The van der Waals surface area contributed by atoms with Gasteiger partial charge in [0.2, 0.25) is 0 Å². The molecule has 0 unspecified atom stereocenters. The van der Waals surface area contributed by atoms with Crippen LogP contribution < -0.4 is 0 Å². The first kappa shape index (κ1) is 26.0. The molecule has 0 amide bonds. The second-order valence-corrected chi connectivity index (χ2v) is 14.1. The van der Waals surface area contributed by atoms with Crippen LogP contribution in [-0.2, 0) is 19.1 Å². The van der Waals surface area contributed by atoms with Crippen molar-refractivity contribution in [3.05, 3.63) is 0 Å². The van der Waals surface area contributed by atoms with Crippen molar-refractivity contribution < 1.29 is 19.1 Å². The zero-order chi connectivity index (χ0) is 24.1. The monoisotopic (exact) mass is 588 g/mol. The van der Waals surface area contributed by atoms with Crippen molar-refractivity contribution in [3.63, 3.8) is 0 Å². The number of methoxy groups -OCH3 is 1. The van der Waals surface area contributed by atoms with Crippen molar-refractivity contribution in [1.82, 2.24) is 0 Å². The Morgan fingerprint density at radius 1 is 1.09 bits per heavy atom. The van der Waals surface area contributed by atoms with Crippen LogP contribution in [0.2, 0.25) is 0 Å². The predicted octanol–water partition coefficient (Wildman–Crippen LogP) is 6.91. The van der Waals surface area contributed by atoms with E-state index in [9.17, 15) is 9.59 Å². The molecule has 4 nitrogen and oxygen atoms in total. The molecule has 4 saturated carbocycles. The van der Waals surface area contributed by atoms with Gasteiger partial charge in [-0.1, -0.05) is 52.6 Å². The minimum atomic E-state index is -0.136. The molecule has 4 aliphatic carbocycles. The van der Waals surface area contributed by atoms with Gasteiger partial charge in [0.15, 0.2) is 0 Å². The zero-order valence-corrected chi connectivity index (χ0v) is 24.1. The third-order valence-corrected chi connectivity index (χ3v) is 14.1. The summed E-state index contributed by atoms with van der Waals surface area (Å²) in [5.41, 5.74) is 0.540. The van der Waals surface area contributed by atoms with E-state index in [1.807, 2.05) is 0 Å². The first-order valence-electron chi connectivity index (χ1n) is 13.1. The second-order valence-electron chi connectivity index (χ2n) is 12.1. The van der Waals surface area contributed by atoms with Crippen LogP contribution in [0.3, 0.4) is 0 Å². The van der Waals surface area contributed by atoms with Crippen LogP contribution >= 0.6 is 31.9 Å². The van der Waals surface area contributed by atoms with Crippen molar-refractivity contribution in [2.75, 3.05) is 7.11 Å². The maximum absolute atomic E-state index is 11.8. The minimum absolute atomic E-state index is 0.0883. The maximum Gasteiger partial charge on any atom is 0.305 e. The van der Waals surface area contributed by atoms with E-state index >= 15 is 0 Å². The van der Waals surface area contributed by atoms with Crippen LogP contribution in [-0.4, -0.2) is 34.8 Å². The van der Waals surface area contributed by atoms with Gasteiger partial charge < -0.3 is 9.47 Å². The lowest BCUT2D eigenvalue weighted by Crippen LogP contribution is -2.62. The normalized spacial score (nSPS) is 47.6. The van der Waals surface area contributed by atoms with E-state index in [1.54, 1.807) is 6.92 Å². The summed E-state index contributed by atoms with van der Waals surface area (Å²) in [5, 5.41) is 0. The number of fused-ring (bicyclic) bond motifs is 5. The molecular weight excluding hydrogens is 548 g/mol. The Hall–Kier alpha value is -0.100. The first-order chi connectivity index (χ1) is 15.5. The van der Waals surface area contributed by atoms with Gasteiger partial charge in [0, 0.05) is 23.0 Å². The molecule has 0 spiro atoms. The molecule has 0 aromatic carbocycles. The fraction of sp³-hybridized carbons (Fsp3) is 0.926. The highest BCUT2D eigenvalue weighted by Gasteiger charge is 2.66. The molecule has 0 heterocycles. The largest absolute Gasteiger partial charge is 0.469 e. The maximum atomic E-state index is 11.8. The Morgan fingerprint density at radius 3 is 2.48 bits per heavy atom. The number of rotatable bonds is 5. The molecular formula is C27H42Br2O4. The summed E-state index contributed by atoms with van der Waals surface area (Å²) >= 11 is 8.52. The Bertz CT molecular complexity index is 758. The standard InChI is InChI=1S/C27H42Br2O4/c1-15(6-11-22(31)32-5)20-9-10-21-19-8-7-17-14-18(33-16(2)30)12-13-26(17,3)23(19)24(28)25(29)27(20,21)4/h15,17-21,23-25H,6-14H2,1-5H3/t15-,17+,18+,19-,20-,21+,23-,24-,25-,26-,27+/m0/s1. The van der Waals surface area contributed by atoms with Gasteiger partial charge in [0.25, 0.3) is 0 Å². The van der Waals surface area contributed by atoms with Crippen molar-refractivity contribution in [2.45, 2.75) is 101 Å². The molecule has 0 N–H and O–H groups in total. The summed E-state index contributed by atoms with van der Waals surface area (Å²) in [6.45, 7) is 8.98. The van der Waals surface area contributed by atoms with Crippen molar-refractivity contribution in [3.8, 4) is 0 Å². The summed E-state index contributed by atoms with van der Waals surface area (Å²) in [6, 6.07) is 0. The van der Waals surface area contributed by atoms with Gasteiger partial charge in [-0.15, -0.1) is 0 Å². The molecule has 33 heavy (non-hydrogen) atoms. The Labute approximate surface area is 216 Å². The zero-order valence-electron chi connectivity index (χ0n) is 20.9. The molecule has 0 aromatic heterocycles. The molecule has 0 aromatic rings. The molecule has 4 fully saturated rings. The summed E-state index contributed by atoms with van der Waals surface area (Å²) < 4.78 is 10.6. The first-order valence-corrected chi connectivity index (χ1v) is 14.9. The van der Waals surface area contributed by atoms with Crippen LogP contribution in [0.5, 0.6) is 0 Å². The third kappa shape index (κ3) is 4.36. The van der Waals surface area contributed by atoms with Gasteiger partial charge in [-0.2, -0.15) is 0 Å². The van der Waals surface area contributed by atoms with Gasteiger partial charge in [0.05, 0.1) is 7.11 Å². The number of hydrogen-bond donors (Lipinski definition) is 0. The van der Waals surface area contributed by atoms with Gasteiger partial charge >= 0.3 is 11.9 Å². The summed E-state index contributed by atoms with van der Waals surface area (Å²) in [5.74, 6) is 3.69. The predicted molar refractivity (Wildman–Crippen MR) is 137 cm³/mol. The van der Waals surface area contributed by atoms with Crippen LogP contribution in [0.25, 0.3) is 0 Å². The lowest BCUT2D eigenvalue weighted by molar-refractivity contribution is -0.158. The third-order valence-electron chi connectivity index (χ3n) is 10.7. The van der Waals surface area contributed by atoms with E-state index < -0.39 is 0 Å². The van der Waals surface area contributed by atoms with Crippen molar-refractivity contribution in [2.24, 2.45) is 46.3 Å². The molecule has 0 saturated heterocycles. The number of esters is 2. The molecule has 0 bridgehead atoms. The SMILES string of the molecule is COC(=O)CC[C@H](C)[C@@H]1CC[C@@H]2[C@@H]3CC[C@@H]4C[C@H](OC(C)=O)CC[C@]4(C)[C@@H]3[C@H](Br)[C@H](Br)[C@@]21C.